The maximum absolute atomic E-state index is 12.6. The summed E-state index contributed by atoms with van der Waals surface area (Å²) in [5, 5.41) is 22.1. The average Bonchev–Trinajstić information content (AvgIpc) is 3.27. The number of halogens is 2. The fraction of sp³-hybridized carbons (Fsp3) is 0.280. The highest BCUT2D eigenvalue weighted by Crippen LogP contribution is 2.37. The molecule has 11 heteroatoms. The molecule has 188 valence electrons. The Morgan fingerprint density at radius 1 is 1.14 bits per heavy atom. The van der Waals surface area contributed by atoms with E-state index >= 15 is 0 Å². The first kappa shape index (κ1) is 27.3. The lowest BCUT2D eigenvalue weighted by Crippen LogP contribution is -2.13. The van der Waals surface area contributed by atoms with Crippen molar-refractivity contribution in [3.8, 4) is 23.3 Å². The van der Waals surface area contributed by atoms with Gasteiger partial charge in [-0.1, -0.05) is 60.5 Å². The maximum Gasteiger partial charge on any atom is 0.268 e. The minimum atomic E-state index is -0.600. The zero-order valence-corrected chi connectivity index (χ0v) is 22.2. The number of nitriles is 1. The minimum absolute atomic E-state index is 0.129. The molecule has 3 rings (SSSR count). The van der Waals surface area contributed by atoms with Crippen LogP contribution in [0, 0.1) is 17.2 Å². The summed E-state index contributed by atoms with van der Waals surface area (Å²) in [5.74, 6) is 1.02. The Kier molecular flexibility index (Phi) is 9.94. The predicted octanol–water partition coefficient (Wildman–Crippen LogP) is 6.06. The van der Waals surface area contributed by atoms with E-state index in [9.17, 15) is 10.1 Å². The van der Waals surface area contributed by atoms with Crippen molar-refractivity contribution in [3.05, 3.63) is 62.6 Å². The quantitative estimate of drug-likeness (QED) is 0.177. The number of carbonyl (C=O) groups excluding carboxylic acids is 1. The van der Waals surface area contributed by atoms with E-state index in [4.69, 9.17) is 37.4 Å². The van der Waals surface area contributed by atoms with Crippen LogP contribution in [0.5, 0.6) is 17.2 Å². The third-order valence-corrected chi connectivity index (χ3v) is 6.08. The van der Waals surface area contributed by atoms with Crippen LogP contribution in [0.2, 0.25) is 10.0 Å². The molecular formula is C25H24Cl2N4O4S. The Morgan fingerprint density at radius 2 is 1.89 bits per heavy atom. The van der Waals surface area contributed by atoms with Gasteiger partial charge in [-0.15, -0.1) is 10.2 Å². The van der Waals surface area contributed by atoms with E-state index in [0.717, 1.165) is 11.4 Å². The van der Waals surface area contributed by atoms with Crippen molar-refractivity contribution in [3.63, 3.8) is 0 Å². The molecule has 0 aliphatic heterocycles. The van der Waals surface area contributed by atoms with Gasteiger partial charge in [-0.25, -0.2) is 0 Å². The molecule has 3 aromatic rings. The number of amides is 1. The van der Waals surface area contributed by atoms with Crippen LogP contribution in [-0.2, 0) is 11.2 Å². The molecule has 0 saturated carbocycles. The van der Waals surface area contributed by atoms with Crippen LogP contribution < -0.4 is 19.5 Å². The molecule has 0 atom stereocenters. The second kappa shape index (κ2) is 13.1. The van der Waals surface area contributed by atoms with Crippen molar-refractivity contribution < 1.29 is 19.0 Å². The van der Waals surface area contributed by atoms with Gasteiger partial charge >= 0.3 is 0 Å². The summed E-state index contributed by atoms with van der Waals surface area (Å²) in [7, 11) is 1.47. The number of aromatic nitrogens is 2. The lowest BCUT2D eigenvalue weighted by molar-refractivity contribution is -0.112. The summed E-state index contributed by atoms with van der Waals surface area (Å²) in [6.45, 7) is 4.55. The number of methoxy groups -OCH3 is 1. The molecule has 1 heterocycles. The lowest BCUT2D eigenvalue weighted by Gasteiger charge is -2.14. The van der Waals surface area contributed by atoms with Crippen molar-refractivity contribution in [1.82, 2.24) is 10.2 Å². The largest absolute Gasteiger partial charge is 0.493 e. The summed E-state index contributed by atoms with van der Waals surface area (Å²) in [5.41, 5.74) is 0.358. The fourth-order valence-electron chi connectivity index (χ4n) is 3.04. The molecule has 0 unspecified atom stereocenters. The Balaban J connectivity index is 1.68. The molecule has 0 spiro atoms. The number of benzene rings is 2. The van der Waals surface area contributed by atoms with E-state index in [-0.39, 0.29) is 23.8 Å². The van der Waals surface area contributed by atoms with Gasteiger partial charge in [-0.05, 0) is 41.8 Å². The molecule has 1 aromatic heterocycles. The highest BCUT2D eigenvalue weighted by atomic mass is 35.5. The van der Waals surface area contributed by atoms with Gasteiger partial charge in [-0.2, -0.15) is 5.26 Å². The van der Waals surface area contributed by atoms with Crippen molar-refractivity contribution >= 4 is 51.7 Å². The Labute approximate surface area is 223 Å². The molecule has 0 aliphatic carbocycles. The summed E-state index contributed by atoms with van der Waals surface area (Å²) in [4.78, 5) is 12.6. The summed E-state index contributed by atoms with van der Waals surface area (Å²) in [6.07, 6.45) is 2.16. The Bertz CT molecular complexity index is 1290. The molecule has 1 amide bonds. The van der Waals surface area contributed by atoms with Gasteiger partial charge in [0.2, 0.25) is 5.13 Å². The number of nitrogens with one attached hydrogen (secondary N) is 1. The topological polar surface area (TPSA) is 106 Å². The van der Waals surface area contributed by atoms with Crippen molar-refractivity contribution in [2.45, 2.75) is 20.3 Å². The normalized spacial score (nSPS) is 11.2. The van der Waals surface area contributed by atoms with Gasteiger partial charge in [0.1, 0.15) is 35.6 Å². The van der Waals surface area contributed by atoms with Gasteiger partial charge in [0.25, 0.3) is 5.91 Å². The monoisotopic (exact) mass is 546 g/mol. The number of para-hydroxylation sites is 1. The highest BCUT2D eigenvalue weighted by Gasteiger charge is 2.16. The second-order valence-electron chi connectivity index (χ2n) is 7.88. The summed E-state index contributed by atoms with van der Waals surface area (Å²) >= 11 is 13.8. The van der Waals surface area contributed by atoms with Crippen molar-refractivity contribution in [1.29, 1.82) is 5.26 Å². The first-order valence-electron chi connectivity index (χ1n) is 10.9. The molecule has 0 fully saturated rings. The zero-order chi connectivity index (χ0) is 26.1. The van der Waals surface area contributed by atoms with Crippen LogP contribution in [0.25, 0.3) is 6.08 Å². The van der Waals surface area contributed by atoms with Gasteiger partial charge in [-0.3, -0.25) is 10.1 Å². The van der Waals surface area contributed by atoms with E-state index in [1.54, 1.807) is 24.3 Å². The van der Waals surface area contributed by atoms with Crippen LogP contribution in [0.1, 0.15) is 24.4 Å². The summed E-state index contributed by atoms with van der Waals surface area (Å²) in [6, 6.07) is 12.2. The predicted molar refractivity (Wildman–Crippen MR) is 141 cm³/mol. The summed E-state index contributed by atoms with van der Waals surface area (Å²) < 4.78 is 16.8. The van der Waals surface area contributed by atoms with Crippen LogP contribution in [-0.4, -0.2) is 36.4 Å². The van der Waals surface area contributed by atoms with E-state index in [2.05, 4.69) is 29.4 Å². The lowest BCUT2D eigenvalue weighted by atomic mass is 10.1. The molecule has 1 N–H and O–H groups in total. The van der Waals surface area contributed by atoms with E-state index in [1.165, 1.54) is 24.5 Å². The van der Waals surface area contributed by atoms with E-state index in [1.807, 2.05) is 18.2 Å². The average molecular weight is 547 g/mol. The molecular weight excluding hydrogens is 523 g/mol. The smallest absolute Gasteiger partial charge is 0.268 e. The third kappa shape index (κ3) is 7.59. The maximum atomic E-state index is 12.6. The standard InChI is InChI=1S/C25H24Cl2N4O4S/c1-15(2)10-22-30-31-25(36-22)29-24(32)17(14-28)11-16-12-19(27)23(21(13-16)33-3)35-9-8-34-20-7-5-4-6-18(20)26/h4-7,11-13,15H,8-10H2,1-3H3,(H,29,31,32)/b17-11-. The van der Waals surface area contributed by atoms with E-state index < -0.39 is 5.91 Å². The first-order valence-corrected chi connectivity index (χ1v) is 12.5. The molecule has 0 aliphatic rings. The van der Waals surface area contributed by atoms with Gasteiger partial charge in [0.05, 0.1) is 17.2 Å². The highest BCUT2D eigenvalue weighted by molar-refractivity contribution is 7.15. The third-order valence-electron chi connectivity index (χ3n) is 4.62. The van der Waals surface area contributed by atoms with Crippen LogP contribution in [0.15, 0.2) is 42.0 Å². The zero-order valence-electron chi connectivity index (χ0n) is 19.9. The molecule has 36 heavy (non-hydrogen) atoms. The molecule has 0 bridgehead atoms. The first-order chi connectivity index (χ1) is 17.3. The van der Waals surface area contributed by atoms with Crippen molar-refractivity contribution in [2.24, 2.45) is 5.92 Å². The van der Waals surface area contributed by atoms with Crippen LogP contribution in [0.4, 0.5) is 5.13 Å². The van der Waals surface area contributed by atoms with Gasteiger partial charge in [0.15, 0.2) is 11.5 Å². The number of hydrogen-bond donors (Lipinski definition) is 1. The minimum Gasteiger partial charge on any atom is -0.493 e. The number of hydrogen-bond acceptors (Lipinski definition) is 8. The number of ether oxygens (including phenoxy) is 3. The fourth-order valence-corrected chi connectivity index (χ4v) is 4.45. The van der Waals surface area contributed by atoms with E-state index in [0.29, 0.717) is 38.9 Å². The molecule has 0 saturated heterocycles. The van der Waals surface area contributed by atoms with Crippen molar-refractivity contribution in [2.75, 3.05) is 25.6 Å². The van der Waals surface area contributed by atoms with Crippen LogP contribution >= 0.6 is 34.5 Å². The molecule has 0 radical (unpaired) electrons. The SMILES string of the molecule is COc1cc(/C=C(/C#N)C(=O)Nc2nnc(CC(C)C)s2)cc(Cl)c1OCCOc1ccccc1Cl. The number of rotatable bonds is 11. The molecule has 2 aromatic carbocycles. The van der Waals surface area contributed by atoms with Gasteiger partial charge < -0.3 is 14.2 Å². The second-order valence-corrected chi connectivity index (χ2v) is 9.76. The van der Waals surface area contributed by atoms with Gasteiger partial charge in [0, 0.05) is 6.42 Å². The number of carbonyl (C=O) groups is 1. The van der Waals surface area contributed by atoms with Crippen LogP contribution in [0.3, 0.4) is 0 Å². The number of nitrogens with zero attached hydrogens (tertiary/aromatic N) is 3. The molecule has 8 nitrogen and oxygen atoms in total. The Hall–Kier alpha value is -3.32. The Morgan fingerprint density at radius 3 is 2.58 bits per heavy atom. The number of anilines is 1.